The van der Waals surface area contributed by atoms with Crippen LogP contribution in [-0.2, 0) is 5.41 Å². The summed E-state index contributed by atoms with van der Waals surface area (Å²) < 4.78 is 1.80. The van der Waals surface area contributed by atoms with Gasteiger partial charge in [0, 0.05) is 62.7 Å². The van der Waals surface area contributed by atoms with Crippen LogP contribution in [0.4, 0.5) is 11.8 Å². The van der Waals surface area contributed by atoms with Crippen molar-refractivity contribution < 1.29 is 9.59 Å². The minimum atomic E-state index is -0.642. The quantitative estimate of drug-likeness (QED) is 0.364. The van der Waals surface area contributed by atoms with Crippen LogP contribution >= 0.6 is 0 Å². The first-order valence-corrected chi connectivity index (χ1v) is 14.0. The van der Waals surface area contributed by atoms with Gasteiger partial charge in [0.1, 0.15) is 11.5 Å². The Bertz CT molecular complexity index is 1690. The van der Waals surface area contributed by atoms with Crippen LogP contribution in [0, 0.1) is 11.3 Å². The molecular formula is C31H33N9O2. The zero-order chi connectivity index (χ0) is 29.6. The first-order valence-electron chi connectivity index (χ1n) is 14.0. The molecule has 2 saturated heterocycles. The van der Waals surface area contributed by atoms with Crippen molar-refractivity contribution in [2.45, 2.75) is 44.2 Å². The number of hydrogen-bond acceptors (Lipinski definition) is 8. The molecule has 0 aliphatic carbocycles. The number of piperazine rings is 1. The fourth-order valence-electron chi connectivity index (χ4n) is 5.76. The predicted molar refractivity (Wildman–Crippen MR) is 159 cm³/mol. The lowest BCUT2D eigenvalue weighted by molar-refractivity contribution is 0.0619. The molecule has 0 saturated carbocycles. The van der Waals surface area contributed by atoms with Crippen molar-refractivity contribution in [2.24, 2.45) is 0 Å². The van der Waals surface area contributed by atoms with Crippen LogP contribution in [0.2, 0.25) is 0 Å². The molecule has 2 bridgehead atoms. The number of fused-ring (bicyclic) bond motifs is 3. The molecule has 2 unspecified atom stereocenters. The van der Waals surface area contributed by atoms with Crippen LogP contribution in [0.3, 0.4) is 0 Å². The molecule has 0 radical (unpaired) electrons. The van der Waals surface area contributed by atoms with E-state index in [4.69, 9.17) is 4.98 Å². The van der Waals surface area contributed by atoms with Crippen LogP contribution in [0.1, 0.15) is 53.1 Å². The smallest absolute Gasteiger partial charge is 0.270 e. The largest absolute Gasteiger partial charge is 0.343 e. The van der Waals surface area contributed by atoms with E-state index in [2.05, 4.69) is 26.7 Å². The SMILES string of the molecule is CN(C)C(=O)c1cc2cnc(Nc3ccc(C(=O)N4C5CCC4CNC5)cn3)nc2n1-c1ccc(C(C)(C)C#N)cc1. The second-order valence-electron chi connectivity index (χ2n) is 11.6. The standard InChI is InChI=1S/C31H33N9O2/c1-31(2,18-32)21-6-8-22(9-7-21)40-25(29(42)38(3)4)13-20-15-35-30(37-27(20)40)36-26-12-5-19(14-34-26)28(41)39-23-10-11-24(39)17-33-16-23/h5-9,12-15,23-24,33H,10-11,16-17H2,1-4H3,(H,34,35,36,37). The monoisotopic (exact) mass is 563 g/mol. The summed E-state index contributed by atoms with van der Waals surface area (Å²) in [4.78, 5) is 43.6. The molecule has 6 rings (SSSR count). The van der Waals surface area contributed by atoms with E-state index in [0.717, 1.165) is 37.2 Å². The zero-order valence-electron chi connectivity index (χ0n) is 24.1. The first-order chi connectivity index (χ1) is 20.2. The van der Waals surface area contributed by atoms with Crippen LogP contribution in [0.5, 0.6) is 0 Å². The van der Waals surface area contributed by atoms with E-state index in [1.807, 2.05) is 43.0 Å². The molecule has 2 amide bonds. The van der Waals surface area contributed by atoms with Crippen LogP contribution < -0.4 is 10.6 Å². The molecule has 214 valence electrons. The van der Waals surface area contributed by atoms with Crippen molar-refractivity contribution in [3.63, 3.8) is 0 Å². The minimum absolute atomic E-state index is 0.0146. The molecule has 1 aromatic carbocycles. The summed E-state index contributed by atoms with van der Waals surface area (Å²) in [6, 6.07) is 15.7. The second-order valence-corrected chi connectivity index (χ2v) is 11.6. The van der Waals surface area contributed by atoms with Gasteiger partial charge >= 0.3 is 0 Å². The Morgan fingerprint density at radius 3 is 2.38 bits per heavy atom. The number of carbonyl (C=O) groups is 2. The number of anilines is 2. The van der Waals surface area contributed by atoms with Gasteiger partial charge in [-0.05, 0) is 62.6 Å². The van der Waals surface area contributed by atoms with E-state index in [-0.39, 0.29) is 23.9 Å². The summed E-state index contributed by atoms with van der Waals surface area (Å²) in [6.07, 6.45) is 5.31. The lowest BCUT2D eigenvalue weighted by Crippen LogP contribution is -2.54. The Labute approximate surface area is 244 Å². The topological polar surface area (TPSA) is 132 Å². The number of aromatic nitrogens is 4. The highest BCUT2D eigenvalue weighted by Crippen LogP contribution is 2.30. The molecular weight excluding hydrogens is 530 g/mol. The maximum atomic E-state index is 13.2. The molecule has 11 nitrogen and oxygen atoms in total. The minimum Gasteiger partial charge on any atom is -0.343 e. The van der Waals surface area contributed by atoms with Gasteiger partial charge in [0.25, 0.3) is 11.8 Å². The molecule has 2 fully saturated rings. The summed E-state index contributed by atoms with van der Waals surface area (Å²) in [5, 5.41) is 16.8. The van der Waals surface area contributed by atoms with Gasteiger partial charge in [-0.25, -0.2) is 9.97 Å². The van der Waals surface area contributed by atoms with E-state index in [0.29, 0.717) is 34.1 Å². The average molecular weight is 564 g/mol. The molecule has 0 spiro atoms. The predicted octanol–water partition coefficient (Wildman–Crippen LogP) is 3.64. The number of rotatable bonds is 6. The van der Waals surface area contributed by atoms with Gasteiger partial charge in [-0.15, -0.1) is 0 Å². The molecule has 42 heavy (non-hydrogen) atoms. The average Bonchev–Trinajstić information content (AvgIpc) is 3.49. The number of nitriles is 1. The molecule has 2 aliphatic rings. The Morgan fingerprint density at radius 2 is 1.76 bits per heavy atom. The number of nitrogens with one attached hydrogen (secondary N) is 2. The Balaban J connectivity index is 1.30. The third kappa shape index (κ3) is 4.84. The Hall–Kier alpha value is -4.82. The maximum absolute atomic E-state index is 13.2. The van der Waals surface area contributed by atoms with Crippen molar-refractivity contribution in [2.75, 3.05) is 32.5 Å². The van der Waals surface area contributed by atoms with Gasteiger partial charge in [0.2, 0.25) is 5.95 Å². The van der Waals surface area contributed by atoms with Crippen LogP contribution in [0.15, 0.2) is 54.9 Å². The number of amides is 2. The zero-order valence-corrected chi connectivity index (χ0v) is 24.1. The highest BCUT2D eigenvalue weighted by molar-refractivity contribution is 5.99. The van der Waals surface area contributed by atoms with E-state index in [9.17, 15) is 14.9 Å². The van der Waals surface area contributed by atoms with Gasteiger partial charge < -0.3 is 20.4 Å². The van der Waals surface area contributed by atoms with E-state index >= 15 is 0 Å². The van der Waals surface area contributed by atoms with Gasteiger partial charge in [-0.3, -0.25) is 14.2 Å². The van der Waals surface area contributed by atoms with E-state index < -0.39 is 5.41 Å². The van der Waals surface area contributed by atoms with Gasteiger partial charge in [0.15, 0.2) is 5.65 Å². The van der Waals surface area contributed by atoms with E-state index in [1.165, 1.54) is 4.90 Å². The van der Waals surface area contributed by atoms with Crippen LogP contribution in [-0.4, -0.2) is 80.4 Å². The summed E-state index contributed by atoms with van der Waals surface area (Å²) in [5.41, 5.74) is 2.51. The van der Waals surface area contributed by atoms with Gasteiger partial charge in [0.05, 0.1) is 17.0 Å². The number of pyridine rings is 1. The number of carbonyl (C=O) groups excluding carboxylic acids is 2. The van der Waals surface area contributed by atoms with Crippen molar-refractivity contribution in [3.8, 4) is 11.8 Å². The molecule has 11 heteroatoms. The Morgan fingerprint density at radius 1 is 1.05 bits per heavy atom. The van der Waals surface area contributed by atoms with Crippen molar-refractivity contribution in [3.05, 3.63) is 71.7 Å². The van der Waals surface area contributed by atoms with Crippen molar-refractivity contribution in [1.82, 2.24) is 34.6 Å². The lowest BCUT2D eigenvalue weighted by Gasteiger charge is -2.35. The summed E-state index contributed by atoms with van der Waals surface area (Å²) in [6.45, 7) is 5.40. The van der Waals surface area contributed by atoms with Gasteiger partial charge in [-0.2, -0.15) is 10.2 Å². The molecule has 4 aromatic rings. The lowest BCUT2D eigenvalue weighted by atomic mass is 9.86. The normalized spacial score (nSPS) is 18.1. The number of benzene rings is 1. The van der Waals surface area contributed by atoms with E-state index in [1.54, 1.807) is 49.3 Å². The third-order valence-corrected chi connectivity index (χ3v) is 8.16. The molecule has 3 aromatic heterocycles. The number of hydrogen-bond donors (Lipinski definition) is 2. The van der Waals surface area contributed by atoms with Crippen molar-refractivity contribution >= 4 is 34.6 Å². The highest BCUT2D eigenvalue weighted by atomic mass is 16.2. The summed E-state index contributed by atoms with van der Waals surface area (Å²) >= 11 is 0. The fourth-order valence-corrected chi connectivity index (χ4v) is 5.76. The molecule has 2 aliphatic heterocycles. The Kier molecular flexibility index (Phi) is 6.86. The highest BCUT2D eigenvalue weighted by Gasteiger charge is 2.39. The first kappa shape index (κ1) is 27.4. The number of nitrogens with zero attached hydrogens (tertiary/aromatic N) is 7. The second kappa shape index (κ2) is 10.5. The molecule has 2 N–H and O–H groups in total. The molecule has 2 atom stereocenters. The van der Waals surface area contributed by atoms with Crippen molar-refractivity contribution in [1.29, 1.82) is 5.26 Å². The van der Waals surface area contributed by atoms with Crippen LogP contribution in [0.25, 0.3) is 16.7 Å². The molecule has 5 heterocycles. The maximum Gasteiger partial charge on any atom is 0.270 e. The van der Waals surface area contributed by atoms with Gasteiger partial charge in [-0.1, -0.05) is 12.1 Å². The fraction of sp³-hybridized carbons (Fsp3) is 0.355. The third-order valence-electron chi connectivity index (χ3n) is 8.16. The summed E-state index contributed by atoms with van der Waals surface area (Å²) in [5.74, 6) is 0.643. The summed E-state index contributed by atoms with van der Waals surface area (Å²) in [7, 11) is 3.41.